The second-order valence-corrected chi connectivity index (χ2v) is 7.93. The lowest BCUT2D eigenvalue weighted by molar-refractivity contribution is -0.107. The molecule has 4 rings (SSSR count). The number of hydrogen-bond donors (Lipinski definition) is 1. The highest BCUT2D eigenvalue weighted by Gasteiger charge is 2.21. The summed E-state index contributed by atoms with van der Waals surface area (Å²) in [5, 5.41) is 3.54. The molecule has 1 N–H and O–H groups in total. The molecule has 3 aromatic carbocycles. The van der Waals surface area contributed by atoms with E-state index in [9.17, 15) is 9.18 Å². The van der Waals surface area contributed by atoms with Crippen LogP contribution in [0.15, 0.2) is 54.6 Å². The van der Waals surface area contributed by atoms with Crippen molar-refractivity contribution in [1.82, 2.24) is 0 Å². The van der Waals surface area contributed by atoms with Gasteiger partial charge in [-0.1, -0.05) is 42.5 Å². The van der Waals surface area contributed by atoms with Crippen LogP contribution < -0.4 is 5.32 Å². The van der Waals surface area contributed by atoms with Crippen LogP contribution in [0.2, 0.25) is 0 Å². The van der Waals surface area contributed by atoms with Gasteiger partial charge < -0.3 is 10.1 Å². The lowest BCUT2D eigenvalue weighted by Crippen LogP contribution is -2.18. The number of hydrogen-bond acceptors (Lipinski definition) is 2. The average Bonchev–Trinajstić information content (AvgIpc) is 2.72. The molecule has 0 fully saturated rings. The number of nitrogens with one attached hydrogen (secondary N) is 1. The standard InChI is InChI=1S/C26H26FNO/c1-17-6-3-7-18(2)26(17)22-9-4-8-20(15-22)24-12-11-21-14-19(10-5-13-29)23(27)16-25(21)28-24/h3-4,6-9,13-16,24,28H,5,10-12H2,1-2H3. The van der Waals surface area contributed by atoms with E-state index >= 15 is 0 Å². The fourth-order valence-corrected chi connectivity index (χ4v) is 4.41. The highest BCUT2D eigenvalue weighted by atomic mass is 19.1. The largest absolute Gasteiger partial charge is 0.378 e. The summed E-state index contributed by atoms with van der Waals surface area (Å²) in [5.74, 6) is -0.233. The van der Waals surface area contributed by atoms with E-state index in [1.54, 1.807) is 6.07 Å². The minimum atomic E-state index is -0.233. The third kappa shape index (κ3) is 3.95. The van der Waals surface area contributed by atoms with Crippen LogP contribution in [-0.4, -0.2) is 6.29 Å². The van der Waals surface area contributed by atoms with Crippen molar-refractivity contribution < 1.29 is 9.18 Å². The van der Waals surface area contributed by atoms with Crippen molar-refractivity contribution in [1.29, 1.82) is 0 Å². The third-order valence-electron chi connectivity index (χ3n) is 5.89. The average molecular weight is 387 g/mol. The van der Waals surface area contributed by atoms with Crippen molar-refractivity contribution in [3.05, 3.63) is 88.2 Å². The quantitative estimate of drug-likeness (QED) is 0.518. The van der Waals surface area contributed by atoms with Gasteiger partial charge in [0.1, 0.15) is 12.1 Å². The molecule has 0 aromatic heterocycles. The second-order valence-electron chi connectivity index (χ2n) is 7.93. The Labute approximate surface area is 171 Å². The van der Waals surface area contributed by atoms with Gasteiger partial charge in [-0.05, 0) is 84.2 Å². The number of anilines is 1. The zero-order valence-corrected chi connectivity index (χ0v) is 17.0. The Morgan fingerprint density at radius 2 is 1.83 bits per heavy atom. The summed E-state index contributed by atoms with van der Waals surface area (Å²) in [6.45, 7) is 4.30. The summed E-state index contributed by atoms with van der Waals surface area (Å²) < 4.78 is 14.4. The fraction of sp³-hybridized carbons (Fsp3) is 0.269. The van der Waals surface area contributed by atoms with Gasteiger partial charge in [-0.15, -0.1) is 0 Å². The minimum absolute atomic E-state index is 0.159. The van der Waals surface area contributed by atoms with E-state index < -0.39 is 0 Å². The molecule has 0 radical (unpaired) electrons. The smallest absolute Gasteiger partial charge is 0.128 e. The van der Waals surface area contributed by atoms with Gasteiger partial charge in [0, 0.05) is 12.1 Å². The summed E-state index contributed by atoms with van der Waals surface area (Å²) in [4.78, 5) is 10.6. The number of benzene rings is 3. The Bertz CT molecular complexity index is 1040. The van der Waals surface area contributed by atoms with Crippen LogP contribution in [0.4, 0.5) is 10.1 Å². The van der Waals surface area contributed by atoms with E-state index in [1.165, 1.54) is 27.8 Å². The van der Waals surface area contributed by atoms with Gasteiger partial charge in [0.25, 0.3) is 0 Å². The molecule has 1 aliphatic heterocycles. The number of rotatable bonds is 5. The van der Waals surface area contributed by atoms with E-state index in [0.717, 1.165) is 30.4 Å². The molecule has 148 valence electrons. The number of aldehydes is 1. The number of carbonyl (C=O) groups excluding carboxylic acids is 1. The normalized spacial score (nSPS) is 15.5. The molecule has 3 heteroatoms. The monoisotopic (exact) mass is 387 g/mol. The van der Waals surface area contributed by atoms with Gasteiger partial charge in [-0.3, -0.25) is 0 Å². The Morgan fingerprint density at radius 1 is 1.07 bits per heavy atom. The van der Waals surface area contributed by atoms with Crippen LogP contribution >= 0.6 is 0 Å². The summed E-state index contributed by atoms with van der Waals surface area (Å²) in [7, 11) is 0. The SMILES string of the molecule is Cc1cccc(C)c1-c1cccc(C2CCc3cc(CCC=O)c(F)cc3N2)c1. The van der Waals surface area contributed by atoms with Crippen LogP contribution in [0.3, 0.4) is 0 Å². The van der Waals surface area contributed by atoms with Crippen LogP contribution in [-0.2, 0) is 17.6 Å². The Hall–Kier alpha value is -2.94. The van der Waals surface area contributed by atoms with Crippen LogP contribution in [0.5, 0.6) is 0 Å². The second kappa shape index (κ2) is 8.20. The number of aryl methyl sites for hydroxylation is 4. The number of carbonyl (C=O) groups is 1. The molecule has 0 saturated carbocycles. The van der Waals surface area contributed by atoms with E-state index in [-0.39, 0.29) is 11.9 Å². The van der Waals surface area contributed by atoms with Crippen molar-refractivity contribution in [3.63, 3.8) is 0 Å². The van der Waals surface area contributed by atoms with E-state index in [4.69, 9.17) is 0 Å². The Morgan fingerprint density at radius 3 is 2.59 bits per heavy atom. The van der Waals surface area contributed by atoms with Gasteiger partial charge in [0.2, 0.25) is 0 Å². The molecule has 1 unspecified atom stereocenters. The van der Waals surface area contributed by atoms with Crippen molar-refractivity contribution >= 4 is 12.0 Å². The molecular weight excluding hydrogens is 361 g/mol. The van der Waals surface area contributed by atoms with Gasteiger partial charge in [0.15, 0.2) is 0 Å². The van der Waals surface area contributed by atoms with E-state index in [0.29, 0.717) is 18.4 Å². The predicted molar refractivity (Wildman–Crippen MR) is 117 cm³/mol. The predicted octanol–water partition coefficient (Wildman–Crippen LogP) is 6.34. The molecule has 0 saturated heterocycles. The first kappa shape index (κ1) is 19.4. The zero-order chi connectivity index (χ0) is 20.4. The topological polar surface area (TPSA) is 29.1 Å². The maximum Gasteiger partial charge on any atom is 0.128 e. The summed E-state index contributed by atoms with van der Waals surface area (Å²) in [5.41, 5.74) is 8.91. The summed E-state index contributed by atoms with van der Waals surface area (Å²) in [6.07, 6.45) is 3.52. The highest BCUT2D eigenvalue weighted by molar-refractivity contribution is 5.71. The van der Waals surface area contributed by atoms with Crippen molar-refractivity contribution in [2.75, 3.05) is 5.32 Å². The highest BCUT2D eigenvalue weighted by Crippen LogP contribution is 2.36. The minimum Gasteiger partial charge on any atom is -0.378 e. The number of fused-ring (bicyclic) bond motifs is 1. The molecule has 3 aromatic rings. The first-order chi connectivity index (χ1) is 14.1. The van der Waals surface area contributed by atoms with Crippen molar-refractivity contribution in [3.8, 4) is 11.1 Å². The van der Waals surface area contributed by atoms with Crippen LogP contribution in [0, 0.1) is 19.7 Å². The molecule has 0 aliphatic carbocycles. The first-order valence-corrected chi connectivity index (χ1v) is 10.2. The van der Waals surface area contributed by atoms with Gasteiger partial charge in [-0.2, -0.15) is 0 Å². The fourth-order valence-electron chi connectivity index (χ4n) is 4.41. The molecule has 0 bridgehead atoms. The molecular formula is C26H26FNO. The van der Waals surface area contributed by atoms with Crippen LogP contribution in [0.1, 0.15) is 46.7 Å². The molecule has 1 atom stereocenters. The maximum absolute atomic E-state index is 14.4. The Kier molecular flexibility index (Phi) is 5.48. The van der Waals surface area contributed by atoms with Gasteiger partial charge in [-0.25, -0.2) is 4.39 Å². The van der Waals surface area contributed by atoms with Crippen molar-refractivity contribution in [2.24, 2.45) is 0 Å². The Balaban J connectivity index is 1.62. The molecule has 1 aliphatic rings. The van der Waals surface area contributed by atoms with Gasteiger partial charge >= 0.3 is 0 Å². The molecule has 0 spiro atoms. The van der Waals surface area contributed by atoms with Crippen LogP contribution in [0.25, 0.3) is 11.1 Å². The third-order valence-corrected chi connectivity index (χ3v) is 5.89. The molecule has 29 heavy (non-hydrogen) atoms. The lowest BCUT2D eigenvalue weighted by Gasteiger charge is -2.28. The first-order valence-electron chi connectivity index (χ1n) is 10.2. The molecule has 2 nitrogen and oxygen atoms in total. The lowest BCUT2D eigenvalue weighted by atomic mass is 9.89. The zero-order valence-electron chi connectivity index (χ0n) is 17.0. The summed E-state index contributed by atoms with van der Waals surface area (Å²) >= 11 is 0. The van der Waals surface area contributed by atoms with Gasteiger partial charge in [0.05, 0.1) is 6.04 Å². The maximum atomic E-state index is 14.4. The molecule has 1 heterocycles. The van der Waals surface area contributed by atoms with Crippen molar-refractivity contribution in [2.45, 2.75) is 45.6 Å². The van der Waals surface area contributed by atoms with E-state index in [2.05, 4.69) is 61.6 Å². The van der Waals surface area contributed by atoms with E-state index in [1.807, 2.05) is 6.07 Å². The molecule has 0 amide bonds. The summed E-state index contributed by atoms with van der Waals surface area (Å²) in [6, 6.07) is 18.7. The number of halogens is 1.